The van der Waals surface area contributed by atoms with Crippen LogP contribution < -0.4 is 14.8 Å². The van der Waals surface area contributed by atoms with Crippen LogP contribution in [0.5, 0.6) is 5.75 Å². The molecule has 0 spiro atoms. The number of hydrogen-bond donors (Lipinski definition) is 2. The zero-order valence-electron chi connectivity index (χ0n) is 25.6. The summed E-state index contributed by atoms with van der Waals surface area (Å²) in [4.78, 5) is 32.9. The van der Waals surface area contributed by atoms with Gasteiger partial charge in [0.15, 0.2) is 6.61 Å². The van der Waals surface area contributed by atoms with Gasteiger partial charge >= 0.3 is 0 Å². The Hall–Kier alpha value is -5.62. The van der Waals surface area contributed by atoms with Crippen LogP contribution in [0.4, 0.5) is 14.5 Å². The fraction of sp³-hybridized carbons (Fsp3) is 0.139. The predicted octanol–water partition coefficient (Wildman–Crippen LogP) is 5.50. The van der Waals surface area contributed by atoms with Crippen molar-refractivity contribution in [3.8, 4) is 5.75 Å². The first-order chi connectivity index (χ1) is 23.2. The number of carbonyl (C=O) groups excluding carboxylic acids is 2. The minimum absolute atomic E-state index is 0.00507. The summed E-state index contributed by atoms with van der Waals surface area (Å²) >= 11 is 0. The third-order valence-corrected chi connectivity index (χ3v) is 8.74. The molecule has 0 aliphatic carbocycles. The number of anilines is 1. The maximum absolute atomic E-state index is 13.9. The fourth-order valence-electron chi connectivity index (χ4n) is 4.82. The van der Waals surface area contributed by atoms with Crippen molar-refractivity contribution in [1.29, 1.82) is 0 Å². The number of pyridine rings is 1. The van der Waals surface area contributed by atoms with Crippen LogP contribution in [-0.4, -0.2) is 42.8 Å². The lowest BCUT2D eigenvalue weighted by Crippen LogP contribution is -2.51. The fourth-order valence-corrected chi connectivity index (χ4v) is 5.88. The van der Waals surface area contributed by atoms with E-state index < -0.39 is 46.1 Å². The van der Waals surface area contributed by atoms with Crippen molar-refractivity contribution in [2.75, 3.05) is 11.3 Å². The van der Waals surface area contributed by atoms with E-state index in [4.69, 9.17) is 4.74 Å². The molecular formula is C36H32F2N4O5S. The number of sulfonamides is 1. The Labute approximate surface area is 277 Å². The average molecular weight is 671 g/mol. The van der Waals surface area contributed by atoms with Gasteiger partial charge in [-0.2, -0.15) is 0 Å². The molecule has 246 valence electrons. The number of carbonyl (C=O) groups is 2. The van der Waals surface area contributed by atoms with Gasteiger partial charge in [-0.05, 0) is 89.5 Å². The second-order valence-corrected chi connectivity index (χ2v) is 12.5. The number of amides is 2. The normalized spacial score (nSPS) is 11.7. The second-order valence-electron chi connectivity index (χ2n) is 10.8. The van der Waals surface area contributed by atoms with Crippen molar-refractivity contribution in [3.63, 3.8) is 0 Å². The van der Waals surface area contributed by atoms with Gasteiger partial charge in [0.1, 0.15) is 23.4 Å². The summed E-state index contributed by atoms with van der Waals surface area (Å²) < 4.78 is 60.7. The molecule has 0 unspecified atom stereocenters. The number of ether oxygens (including phenoxy) is 1. The zero-order valence-corrected chi connectivity index (χ0v) is 26.4. The van der Waals surface area contributed by atoms with Crippen LogP contribution in [0, 0.1) is 11.6 Å². The SMILES string of the molecule is O=C(NCc1ccncc1)[C@H](Cc1ccccc1)N(Cc1ccc(F)cc1)C(=O)COc1ccc(S(=O)(=O)Nc2ccc(F)cc2)cc1. The molecule has 2 amide bonds. The van der Waals surface area contributed by atoms with E-state index in [1.54, 1.807) is 36.7 Å². The Morgan fingerprint density at radius 2 is 1.38 bits per heavy atom. The number of nitrogens with one attached hydrogen (secondary N) is 2. The van der Waals surface area contributed by atoms with Gasteiger partial charge in [-0.25, -0.2) is 17.2 Å². The maximum Gasteiger partial charge on any atom is 0.261 e. The molecule has 0 fully saturated rings. The number of halogens is 2. The van der Waals surface area contributed by atoms with E-state index in [2.05, 4.69) is 15.0 Å². The molecular weight excluding hydrogens is 638 g/mol. The highest BCUT2D eigenvalue weighted by molar-refractivity contribution is 7.92. The first-order valence-electron chi connectivity index (χ1n) is 14.9. The van der Waals surface area contributed by atoms with E-state index in [1.165, 1.54) is 53.4 Å². The highest BCUT2D eigenvalue weighted by Gasteiger charge is 2.31. The molecule has 0 saturated heterocycles. The van der Waals surface area contributed by atoms with Crippen molar-refractivity contribution in [2.24, 2.45) is 0 Å². The zero-order chi connectivity index (χ0) is 33.9. The summed E-state index contributed by atoms with van der Waals surface area (Å²) in [5, 5.41) is 2.92. The molecule has 0 aliphatic rings. The Bertz CT molecular complexity index is 1910. The molecule has 9 nitrogen and oxygen atoms in total. The summed E-state index contributed by atoms with van der Waals surface area (Å²) in [6.07, 6.45) is 3.44. The molecule has 48 heavy (non-hydrogen) atoms. The van der Waals surface area contributed by atoms with Crippen molar-refractivity contribution in [1.82, 2.24) is 15.2 Å². The summed E-state index contributed by atoms with van der Waals surface area (Å²) in [6, 6.07) is 27.8. The third-order valence-electron chi connectivity index (χ3n) is 7.35. The average Bonchev–Trinajstić information content (AvgIpc) is 3.10. The minimum Gasteiger partial charge on any atom is -0.484 e. The number of rotatable bonds is 14. The van der Waals surface area contributed by atoms with Crippen molar-refractivity contribution in [3.05, 3.63) is 156 Å². The predicted molar refractivity (Wildman–Crippen MR) is 176 cm³/mol. The van der Waals surface area contributed by atoms with Crippen LogP contribution in [0.2, 0.25) is 0 Å². The Morgan fingerprint density at radius 1 is 0.750 bits per heavy atom. The van der Waals surface area contributed by atoms with Crippen LogP contribution >= 0.6 is 0 Å². The van der Waals surface area contributed by atoms with Gasteiger partial charge in [0, 0.05) is 37.6 Å². The molecule has 1 heterocycles. The van der Waals surface area contributed by atoms with Gasteiger partial charge in [-0.3, -0.25) is 19.3 Å². The second kappa shape index (κ2) is 15.8. The molecule has 2 N–H and O–H groups in total. The lowest BCUT2D eigenvalue weighted by Gasteiger charge is -2.31. The van der Waals surface area contributed by atoms with Gasteiger partial charge in [0.25, 0.3) is 15.9 Å². The first kappa shape index (κ1) is 33.7. The Kier molecular flexibility index (Phi) is 11.1. The molecule has 1 aromatic heterocycles. The van der Waals surface area contributed by atoms with Gasteiger partial charge in [0.2, 0.25) is 5.91 Å². The number of benzene rings is 4. The van der Waals surface area contributed by atoms with E-state index >= 15 is 0 Å². The molecule has 0 saturated carbocycles. The van der Waals surface area contributed by atoms with E-state index in [1.807, 2.05) is 30.3 Å². The molecule has 0 radical (unpaired) electrons. The van der Waals surface area contributed by atoms with E-state index in [0.29, 0.717) is 5.56 Å². The van der Waals surface area contributed by atoms with Crippen LogP contribution in [0.15, 0.2) is 133 Å². The van der Waals surface area contributed by atoms with Gasteiger partial charge in [0.05, 0.1) is 4.90 Å². The molecule has 5 aromatic rings. The van der Waals surface area contributed by atoms with Crippen LogP contribution in [0.1, 0.15) is 16.7 Å². The standard InChI is InChI=1S/C36H32F2N4O5S/c37-29-8-6-28(7-9-29)24-42(34(22-26-4-2-1-3-5-26)36(44)40-23-27-18-20-39-21-19-27)35(43)25-47-32-14-16-33(17-15-32)48(45,46)41-31-12-10-30(38)11-13-31/h1-21,34,41H,22-25H2,(H,40,44)/t34-/m0/s1. The topological polar surface area (TPSA) is 118 Å². The summed E-state index contributed by atoms with van der Waals surface area (Å²) in [5.41, 5.74) is 2.45. The van der Waals surface area contributed by atoms with Crippen LogP contribution in [-0.2, 0) is 39.1 Å². The minimum atomic E-state index is -3.98. The van der Waals surface area contributed by atoms with Crippen molar-refractivity contribution >= 4 is 27.5 Å². The van der Waals surface area contributed by atoms with Crippen molar-refractivity contribution in [2.45, 2.75) is 30.4 Å². The third kappa shape index (κ3) is 9.46. The Balaban J connectivity index is 1.34. The van der Waals surface area contributed by atoms with Crippen LogP contribution in [0.3, 0.4) is 0 Å². The van der Waals surface area contributed by atoms with E-state index in [0.717, 1.165) is 23.3 Å². The van der Waals surface area contributed by atoms with Gasteiger partial charge in [-0.1, -0.05) is 42.5 Å². The Morgan fingerprint density at radius 3 is 2.02 bits per heavy atom. The number of hydrogen-bond acceptors (Lipinski definition) is 6. The maximum atomic E-state index is 13.9. The molecule has 12 heteroatoms. The van der Waals surface area contributed by atoms with Gasteiger partial charge in [-0.15, -0.1) is 0 Å². The molecule has 1 atom stereocenters. The molecule has 4 aromatic carbocycles. The number of aromatic nitrogens is 1. The molecule has 0 bridgehead atoms. The first-order valence-corrected chi connectivity index (χ1v) is 16.4. The summed E-state index contributed by atoms with van der Waals surface area (Å²) in [5.74, 6) is -1.63. The quantitative estimate of drug-likeness (QED) is 0.161. The molecule has 5 rings (SSSR count). The lowest BCUT2D eigenvalue weighted by molar-refractivity contribution is -0.142. The van der Waals surface area contributed by atoms with E-state index in [9.17, 15) is 26.8 Å². The summed E-state index contributed by atoms with van der Waals surface area (Å²) in [6.45, 7) is -0.258. The highest BCUT2D eigenvalue weighted by Crippen LogP contribution is 2.21. The lowest BCUT2D eigenvalue weighted by atomic mass is 10.0. The van der Waals surface area contributed by atoms with Crippen LogP contribution in [0.25, 0.3) is 0 Å². The monoisotopic (exact) mass is 670 g/mol. The molecule has 0 aliphatic heterocycles. The highest BCUT2D eigenvalue weighted by atomic mass is 32.2. The summed E-state index contributed by atoms with van der Waals surface area (Å²) in [7, 11) is -3.98. The largest absolute Gasteiger partial charge is 0.484 e. The van der Waals surface area contributed by atoms with Crippen molar-refractivity contribution < 1.29 is 31.5 Å². The number of nitrogens with zero attached hydrogens (tertiary/aromatic N) is 2. The van der Waals surface area contributed by atoms with Gasteiger partial charge < -0.3 is 15.0 Å². The van der Waals surface area contributed by atoms with E-state index in [-0.39, 0.29) is 35.8 Å². The smallest absolute Gasteiger partial charge is 0.261 e.